The average molecular weight is 382 g/mol. The van der Waals surface area contributed by atoms with E-state index in [9.17, 15) is 0 Å². The van der Waals surface area contributed by atoms with Gasteiger partial charge in [-0.15, -0.1) is 5.11 Å². The minimum absolute atomic E-state index is 0.0715. The van der Waals surface area contributed by atoms with E-state index in [0.29, 0.717) is 6.04 Å². The topological polar surface area (TPSA) is 37.2 Å². The first-order valence-electron chi connectivity index (χ1n) is 9.56. The molecule has 140 valence electrons. The number of benzene rings is 2. The fraction of sp³-hybridized carbons (Fsp3) is 0.364. The Kier molecular flexibility index (Phi) is 5.44. The number of hydrogen-bond acceptors (Lipinski definition) is 4. The van der Waals surface area contributed by atoms with Gasteiger partial charge >= 0.3 is 0 Å². The molecular formula is C22H24ClN3O. The lowest BCUT2D eigenvalue weighted by Crippen LogP contribution is -2.36. The number of methoxy groups -OCH3 is 1. The van der Waals surface area contributed by atoms with Crippen molar-refractivity contribution < 1.29 is 4.74 Å². The molecule has 0 saturated heterocycles. The van der Waals surface area contributed by atoms with Crippen molar-refractivity contribution in [3.8, 4) is 5.75 Å². The van der Waals surface area contributed by atoms with Crippen molar-refractivity contribution in [2.75, 3.05) is 7.11 Å². The van der Waals surface area contributed by atoms with Gasteiger partial charge in [0.1, 0.15) is 5.75 Å². The third-order valence-electron chi connectivity index (χ3n) is 5.40. The number of ether oxygens (including phenoxy) is 1. The molecule has 1 aliphatic carbocycles. The molecule has 1 unspecified atom stereocenters. The van der Waals surface area contributed by atoms with Crippen LogP contribution in [0.4, 0.5) is 0 Å². The third kappa shape index (κ3) is 4.01. The summed E-state index contributed by atoms with van der Waals surface area (Å²) in [5.41, 5.74) is 3.12. The normalized spacial score (nSPS) is 20.4. The molecule has 5 heteroatoms. The van der Waals surface area contributed by atoms with Crippen molar-refractivity contribution >= 4 is 17.3 Å². The summed E-state index contributed by atoms with van der Waals surface area (Å²) in [4.78, 5) is 0. The Morgan fingerprint density at radius 3 is 2.33 bits per heavy atom. The van der Waals surface area contributed by atoms with Crippen LogP contribution >= 0.6 is 11.6 Å². The smallest absolute Gasteiger partial charge is 0.118 e. The van der Waals surface area contributed by atoms with Gasteiger partial charge < -0.3 is 4.74 Å². The molecule has 1 saturated carbocycles. The summed E-state index contributed by atoms with van der Waals surface area (Å²) in [6.07, 6.45) is 8.42. The van der Waals surface area contributed by atoms with Crippen molar-refractivity contribution in [1.29, 1.82) is 0 Å². The van der Waals surface area contributed by atoms with E-state index in [-0.39, 0.29) is 6.04 Å². The molecule has 0 aromatic heterocycles. The van der Waals surface area contributed by atoms with Crippen LogP contribution in [0.15, 0.2) is 64.9 Å². The van der Waals surface area contributed by atoms with E-state index >= 15 is 0 Å². The molecule has 2 aliphatic rings. The molecule has 0 spiro atoms. The maximum absolute atomic E-state index is 6.03. The molecule has 1 aliphatic heterocycles. The fourth-order valence-electron chi connectivity index (χ4n) is 3.89. The molecule has 4 rings (SSSR count). The van der Waals surface area contributed by atoms with E-state index in [1.165, 1.54) is 37.7 Å². The van der Waals surface area contributed by atoms with Gasteiger partial charge in [-0.05, 0) is 48.7 Å². The lowest BCUT2D eigenvalue weighted by Gasteiger charge is -2.37. The van der Waals surface area contributed by atoms with Gasteiger partial charge in [0.15, 0.2) is 0 Å². The van der Waals surface area contributed by atoms with Crippen LogP contribution in [0.2, 0.25) is 5.02 Å². The monoisotopic (exact) mass is 381 g/mol. The molecule has 0 bridgehead atoms. The van der Waals surface area contributed by atoms with E-state index in [4.69, 9.17) is 16.3 Å². The first-order chi connectivity index (χ1) is 13.2. The van der Waals surface area contributed by atoms with Crippen LogP contribution < -0.4 is 4.74 Å². The van der Waals surface area contributed by atoms with Crippen LogP contribution in [0.3, 0.4) is 0 Å². The van der Waals surface area contributed by atoms with Crippen LogP contribution in [-0.2, 0) is 0 Å². The zero-order valence-corrected chi connectivity index (χ0v) is 16.3. The first-order valence-corrected chi connectivity index (χ1v) is 9.94. The summed E-state index contributed by atoms with van der Waals surface area (Å²) in [6, 6.07) is 16.5. The summed E-state index contributed by atoms with van der Waals surface area (Å²) in [6.45, 7) is 0. The van der Waals surface area contributed by atoms with Crippen LogP contribution in [0.1, 0.15) is 49.3 Å². The van der Waals surface area contributed by atoms with Gasteiger partial charge in [0.05, 0.1) is 18.8 Å². The van der Waals surface area contributed by atoms with Crippen LogP contribution in [0.25, 0.3) is 5.70 Å². The highest BCUT2D eigenvalue weighted by Gasteiger charge is 2.30. The molecule has 1 heterocycles. The molecule has 1 atom stereocenters. The van der Waals surface area contributed by atoms with Crippen molar-refractivity contribution in [1.82, 2.24) is 5.01 Å². The Morgan fingerprint density at radius 1 is 0.963 bits per heavy atom. The van der Waals surface area contributed by atoms with Crippen LogP contribution in [0, 0.1) is 0 Å². The Labute approximate surface area is 165 Å². The van der Waals surface area contributed by atoms with Gasteiger partial charge in [0.25, 0.3) is 0 Å². The largest absolute Gasteiger partial charge is 0.497 e. The van der Waals surface area contributed by atoms with E-state index in [0.717, 1.165) is 22.0 Å². The molecule has 1 fully saturated rings. The van der Waals surface area contributed by atoms with Crippen molar-refractivity contribution in [2.24, 2.45) is 10.3 Å². The number of nitrogens with zero attached hydrogens (tertiary/aromatic N) is 3. The lowest BCUT2D eigenvalue weighted by atomic mass is 9.92. The maximum Gasteiger partial charge on any atom is 0.118 e. The summed E-state index contributed by atoms with van der Waals surface area (Å²) < 4.78 is 5.32. The third-order valence-corrected chi connectivity index (χ3v) is 5.65. The van der Waals surface area contributed by atoms with Gasteiger partial charge in [-0.1, -0.05) is 60.4 Å². The molecule has 2 aromatic carbocycles. The molecular weight excluding hydrogens is 358 g/mol. The molecule has 2 aromatic rings. The number of rotatable bonds is 4. The zero-order valence-electron chi connectivity index (χ0n) is 15.5. The maximum atomic E-state index is 6.03. The van der Waals surface area contributed by atoms with E-state index in [1.54, 1.807) is 7.11 Å². The van der Waals surface area contributed by atoms with Crippen molar-refractivity contribution in [2.45, 2.75) is 44.2 Å². The van der Waals surface area contributed by atoms with Crippen molar-refractivity contribution in [3.05, 3.63) is 70.8 Å². The van der Waals surface area contributed by atoms with Gasteiger partial charge in [-0.25, -0.2) is 0 Å². The summed E-state index contributed by atoms with van der Waals surface area (Å²) in [7, 11) is 1.69. The Morgan fingerprint density at radius 2 is 1.67 bits per heavy atom. The number of halogens is 1. The lowest BCUT2D eigenvalue weighted by molar-refractivity contribution is 0.116. The Hall–Kier alpha value is -2.33. The second-order valence-electron chi connectivity index (χ2n) is 7.14. The summed E-state index contributed by atoms with van der Waals surface area (Å²) in [5.74, 6) is 0.863. The minimum Gasteiger partial charge on any atom is -0.497 e. The van der Waals surface area contributed by atoms with Gasteiger partial charge in [0.2, 0.25) is 0 Å². The molecule has 4 nitrogen and oxygen atoms in total. The average Bonchev–Trinajstić information content (AvgIpc) is 2.74. The van der Waals surface area contributed by atoms with E-state index in [2.05, 4.69) is 33.6 Å². The Balaban J connectivity index is 1.68. The molecule has 27 heavy (non-hydrogen) atoms. The minimum atomic E-state index is 0.0715. The second-order valence-corrected chi connectivity index (χ2v) is 7.57. The van der Waals surface area contributed by atoms with Gasteiger partial charge in [0, 0.05) is 16.6 Å². The fourth-order valence-corrected chi connectivity index (χ4v) is 4.01. The zero-order chi connectivity index (χ0) is 18.6. The highest BCUT2D eigenvalue weighted by atomic mass is 35.5. The SMILES string of the molecule is COc1ccc(C2C=C(c3ccc(Cl)cc3)N=NN2C2CCCCC2)cc1. The van der Waals surface area contributed by atoms with Gasteiger partial charge in [-0.2, -0.15) is 0 Å². The van der Waals surface area contributed by atoms with E-state index in [1.807, 2.05) is 36.4 Å². The quantitative estimate of drug-likeness (QED) is 0.610. The van der Waals surface area contributed by atoms with Crippen LogP contribution in [-0.4, -0.2) is 18.2 Å². The van der Waals surface area contributed by atoms with Crippen molar-refractivity contribution in [3.63, 3.8) is 0 Å². The summed E-state index contributed by atoms with van der Waals surface area (Å²) >= 11 is 6.03. The highest BCUT2D eigenvalue weighted by Crippen LogP contribution is 2.37. The summed E-state index contributed by atoms with van der Waals surface area (Å²) in [5, 5.41) is 12.1. The van der Waals surface area contributed by atoms with Gasteiger partial charge in [-0.3, -0.25) is 5.01 Å². The second kappa shape index (κ2) is 8.13. The van der Waals surface area contributed by atoms with Crippen LogP contribution in [0.5, 0.6) is 5.75 Å². The Bertz CT molecular complexity index is 824. The highest BCUT2D eigenvalue weighted by molar-refractivity contribution is 6.30. The molecule has 0 amide bonds. The van der Waals surface area contributed by atoms with E-state index < -0.39 is 0 Å². The molecule has 0 N–H and O–H groups in total. The molecule has 0 radical (unpaired) electrons. The standard InChI is InChI=1S/C22H24ClN3O/c1-27-20-13-9-17(10-14-20)22-15-21(16-7-11-18(23)12-8-16)24-25-26(22)19-5-3-2-4-6-19/h7-15,19,22H,2-6H2,1H3. The number of hydrogen-bond donors (Lipinski definition) is 0. The first kappa shape index (κ1) is 18.1. The predicted molar refractivity (Wildman–Crippen MR) is 109 cm³/mol. The predicted octanol–water partition coefficient (Wildman–Crippen LogP) is 6.45.